The van der Waals surface area contributed by atoms with Gasteiger partial charge in [0.25, 0.3) is 0 Å². The number of rotatable bonds is 4. The van der Waals surface area contributed by atoms with E-state index in [4.69, 9.17) is 0 Å². The van der Waals surface area contributed by atoms with Crippen molar-refractivity contribution in [2.45, 2.75) is 13.3 Å². The Bertz CT molecular complexity index is 439. The molecule has 2 N–H and O–H groups in total. The quantitative estimate of drug-likeness (QED) is 0.849. The molecule has 0 bridgehead atoms. The number of aryl methyl sites for hydroxylation is 1. The van der Waals surface area contributed by atoms with Crippen molar-refractivity contribution in [2.75, 3.05) is 37.4 Å². The number of benzene rings is 1. The average Bonchev–Trinajstić information content (AvgIpc) is 2.26. The lowest BCUT2D eigenvalue weighted by Gasteiger charge is -2.26. The van der Waals surface area contributed by atoms with Gasteiger partial charge >= 0.3 is 0 Å². The highest BCUT2D eigenvalue weighted by molar-refractivity contribution is 5.91. The van der Waals surface area contributed by atoms with Crippen LogP contribution in [0.25, 0.3) is 0 Å². The van der Waals surface area contributed by atoms with E-state index in [9.17, 15) is 4.79 Å². The van der Waals surface area contributed by atoms with E-state index in [1.54, 1.807) is 0 Å². The van der Waals surface area contributed by atoms with E-state index in [0.29, 0.717) is 12.3 Å². The van der Waals surface area contributed by atoms with Gasteiger partial charge in [0.15, 0.2) is 0 Å². The third-order valence-electron chi connectivity index (χ3n) is 3.31. The summed E-state index contributed by atoms with van der Waals surface area (Å²) in [6, 6.07) is 6.02. The molecule has 1 aromatic carbocycles. The second-order valence-electron chi connectivity index (χ2n) is 5.17. The fraction of sp³-hybridized carbons (Fsp3) is 0.500. The number of anilines is 2. The molecule has 98 valence electrons. The van der Waals surface area contributed by atoms with Crippen LogP contribution in [0.5, 0.6) is 0 Å². The van der Waals surface area contributed by atoms with Crippen molar-refractivity contribution in [3.8, 4) is 0 Å². The summed E-state index contributed by atoms with van der Waals surface area (Å²) in [4.78, 5) is 13.9. The minimum atomic E-state index is 0.107. The Hall–Kier alpha value is -1.55. The van der Waals surface area contributed by atoms with Crippen molar-refractivity contribution in [1.82, 2.24) is 5.32 Å². The molecule has 1 fully saturated rings. The number of carbonyl (C=O) groups is 1. The molecule has 0 radical (unpaired) electrons. The van der Waals surface area contributed by atoms with Crippen molar-refractivity contribution < 1.29 is 4.79 Å². The zero-order chi connectivity index (χ0) is 13.1. The molecule has 1 aromatic rings. The van der Waals surface area contributed by atoms with Gasteiger partial charge in [-0.25, -0.2) is 0 Å². The van der Waals surface area contributed by atoms with Gasteiger partial charge in [-0.3, -0.25) is 4.79 Å². The highest BCUT2D eigenvalue weighted by Gasteiger charge is 2.20. The largest absolute Gasteiger partial charge is 0.377 e. The first-order valence-corrected chi connectivity index (χ1v) is 6.35. The molecule has 0 aromatic heterocycles. The van der Waals surface area contributed by atoms with Crippen LogP contribution in [0.2, 0.25) is 0 Å². The summed E-state index contributed by atoms with van der Waals surface area (Å²) in [6.07, 6.45) is 0.609. The van der Waals surface area contributed by atoms with Crippen LogP contribution in [0.15, 0.2) is 18.2 Å². The molecule has 1 heterocycles. The number of nitrogens with one attached hydrogen (secondary N) is 2. The zero-order valence-electron chi connectivity index (χ0n) is 11.3. The molecule has 2 rings (SSSR count). The van der Waals surface area contributed by atoms with Crippen molar-refractivity contribution in [1.29, 1.82) is 0 Å². The maximum absolute atomic E-state index is 11.8. The molecule has 0 atom stereocenters. The molecule has 4 nitrogen and oxygen atoms in total. The second-order valence-corrected chi connectivity index (χ2v) is 5.17. The Balaban J connectivity index is 1.99. The molecule has 1 saturated heterocycles. The van der Waals surface area contributed by atoms with Crippen LogP contribution < -0.4 is 15.5 Å². The first-order valence-electron chi connectivity index (χ1n) is 6.35. The van der Waals surface area contributed by atoms with E-state index in [1.807, 2.05) is 32.3 Å². The minimum absolute atomic E-state index is 0.107. The molecule has 1 amide bonds. The van der Waals surface area contributed by atoms with Gasteiger partial charge in [-0.2, -0.15) is 0 Å². The van der Waals surface area contributed by atoms with E-state index in [2.05, 4.69) is 22.5 Å². The van der Waals surface area contributed by atoms with Crippen LogP contribution in [0.4, 0.5) is 11.4 Å². The number of nitrogens with zero attached hydrogens (tertiary/aromatic N) is 1. The lowest BCUT2D eigenvalue weighted by molar-refractivity contribution is -0.117. The van der Waals surface area contributed by atoms with Gasteiger partial charge in [-0.1, -0.05) is 6.07 Å². The van der Waals surface area contributed by atoms with E-state index >= 15 is 0 Å². The molecule has 0 unspecified atom stereocenters. The van der Waals surface area contributed by atoms with Crippen molar-refractivity contribution >= 4 is 17.3 Å². The van der Waals surface area contributed by atoms with Crippen LogP contribution in [0.3, 0.4) is 0 Å². The summed E-state index contributed by atoms with van der Waals surface area (Å²) in [5.41, 5.74) is 3.22. The fourth-order valence-electron chi connectivity index (χ4n) is 2.14. The van der Waals surface area contributed by atoms with Crippen molar-refractivity contribution in [3.63, 3.8) is 0 Å². The maximum Gasteiger partial charge on any atom is 0.224 e. The van der Waals surface area contributed by atoms with Crippen molar-refractivity contribution in [3.05, 3.63) is 23.8 Å². The lowest BCUT2D eigenvalue weighted by atomic mass is 9.99. The van der Waals surface area contributed by atoms with Gasteiger partial charge in [0.2, 0.25) is 5.91 Å². The molecular formula is C14H21N3O. The molecule has 0 aliphatic carbocycles. The smallest absolute Gasteiger partial charge is 0.224 e. The normalized spacial score (nSPS) is 15.1. The Labute approximate surface area is 108 Å². The number of amides is 1. The summed E-state index contributed by atoms with van der Waals surface area (Å²) < 4.78 is 0. The van der Waals surface area contributed by atoms with Crippen LogP contribution in [0, 0.1) is 12.8 Å². The minimum Gasteiger partial charge on any atom is -0.377 e. The van der Waals surface area contributed by atoms with Gasteiger partial charge in [0, 0.05) is 31.9 Å². The Kier molecular flexibility index (Phi) is 3.87. The SMILES string of the molecule is Cc1ccc(NC(=O)CC2CNC2)cc1N(C)C. The van der Waals surface area contributed by atoms with Gasteiger partial charge in [0.05, 0.1) is 0 Å². The summed E-state index contributed by atoms with van der Waals surface area (Å²) >= 11 is 0. The van der Waals surface area contributed by atoms with Gasteiger partial charge in [0.1, 0.15) is 0 Å². The molecular weight excluding hydrogens is 226 g/mol. The summed E-state index contributed by atoms with van der Waals surface area (Å²) in [6.45, 7) is 4.00. The Morgan fingerprint density at radius 3 is 2.72 bits per heavy atom. The van der Waals surface area contributed by atoms with E-state index < -0.39 is 0 Å². The monoisotopic (exact) mass is 247 g/mol. The molecule has 0 spiro atoms. The zero-order valence-corrected chi connectivity index (χ0v) is 11.3. The number of carbonyl (C=O) groups excluding carboxylic acids is 1. The number of hydrogen-bond acceptors (Lipinski definition) is 3. The lowest BCUT2D eigenvalue weighted by Crippen LogP contribution is -2.43. The standard InChI is InChI=1S/C14H21N3O/c1-10-4-5-12(7-13(10)17(2)3)16-14(18)6-11-8-15-9-11/h4-5,7,11,15H,6,8-9H2,1-3H3,(H,16,18). The van der Waals surface area contributed by atoms with Crippen LogP contribution >= 0.6 is 0 Å². The Morgan fingerprint density at radius 1 is 1.44 bits per heavy atom. The highest BCUT2D eigenvalue weighted by atomic mass is 16.1. The molecule has 1 aliphatic rings. The van der Waals surface area contributed by atoms with E-state index in [-0.39, 0.29) is 5.91 Å². The predicted molar refractivity (Wildman–Crippen MR) is 75.1 cm³/mol. The average molecular weight is 247 g/mol. The van der Waals surface area contributed by atoms with Crippen LogP contribution in [-0.2, 0) is 4.79 Å². The summed E-state index contributed by atoms with van der Waals surface area (Å²) in [5.74, 6) is 0.610. The van der Waals surface area contributed by atoms with Crippen molar-refractivity contribution in [2.24, 2.45) is 5.92 Å². The molecule has 4 heteroatoms. The third-order valence-corrected chi connectivity index (χ3v) is 3.31. The van der Waals surface area contributed by atoms with E-state index in [1.165, 1.54) is 5.56 Å². The summed E-state index contributed by atoms with van der Waals surface area (Å²) in [7, 11) is 4.02. The highest BCUT2D eigenvalue weighted by Crippen LogP contribution is 2.23. The second kappa shape index (κ2) is 5.40. The van der Waals surface area contributed by atoms with Crippen LogP contribution in [-0.4, -0.2) is 33.1 Å². The van der Waals surface area contributed by atoms with E-state index in [0.717, 1.165) is 24.5 Å². The third kappa shape index (κ3) is 3.01. The fourth-order valence-corrected chi connectivity index (χ4v) is 2.14. The first-order chi connectivity index (χ1) is 8.56. The van der Waals surface area contributed by atoms with Gasteiger partial charge in [-0.15, -0.1) is 0 Å². The topological polar surface area (TPSA) is 44.4 Å². The van der Waals surface area contributed by atoms with Gasteiger partial charge in [-0.05, 0) is 43.6 Å². The molecule has 1 aliphatic heterocycles. The summed E-state index contributed by atoms with van der Waals surface area (Å²) in [5, 5.41) is 6.15. The first kappa shape index (κ1) is 12.9. The maximum atomic E-state index is 11.8. The molecule has 0 saturated carbocycles. The Morgan fingerprint density at radius 2 is 2.17 bits per heavy atom. The number of hydrogen-bond donors (Lipinski definition) is 2. The molecule has 18 heavy (non-hydrogen) atoms. The predicted octanol–water partition coefficient (Wildman–Crippen LogP) is 1.61. The van der Waals surface area contributed by atoms with Gasteiger partial charge < -0.3 is 15.5 Å². The van der Waals surface area contributed by atoms with Crippen LogP contribution in [0.1, 0.15) is 12.0 Å².